The number of rotatable bonds is 5. The molecule has 0 aromatic heterocycles. The van der Waals surface area contributed by atoms with Gasteiger partial charge < -0.3 is 15.0 Å². The molecule has 3 heterocycles. The number of hydrogen-bond donors (Lipinski definition) is 1. The van der Waals surface area contributed by atoms with Crippen molar-refractivity contribution >= 4 is 38.4 Å². The first-order valence-electron chi connectivity index (χ1n) is 9.16. The van der Waals surface area contributed by atoms with Crippen LogP contribution in [0.15, 0.2) is 35.3 Å². The van der Waals surface area contributed by atoms with E-state index in [1.165, 1.54) is 11.8 Å². The summed E-state index contributed by atoms with van der Waals surface area (Å²) in [6, 6.07) is 9.40. The summed E-state index contributed by atoms with van der Waals surface area (Å²) in [4.78, 5) is 19.0. The highest BCUT2D eigenvalue weighted by Crippen LogP contribution is 2.36. The Balaban J connectivity index is 1.46. The number of anilines is 1. The van der Waals surface area contributed by atoms with Gasteiger partial charge in [0, 0.05) is 24.1 Å². The number of benzene rings is 1. The largest absolute Gasteiger partial charge is 0.376 e. The van der Waals surface area contributed by atoms with E-state index in [2.05, 4.69) is 10.3 Å². The lowest BCUT2D eigenvalue weighted by Gasteiger charge is -2.24. The van der Waals surface area contributed by atoms with Gasteiger partial charge in [0.15, 0.2) is 15.0 Å². The van der Waals surface area contributed by atoms with Crippen molar-refractivity contribution in [2.45, 2.75) is 30.2 Å². The molecule has 1 aromatic carbocycles. The first-order valence-corrected chi connectivity index (χ1v) is 11.9. The van der Waals surface area contributed by atoms with Crippen molar-refractivity contribution in [3.63, 3.8) is 0 Å². The van der Waals surface area contributed by atoms with Crippen LogP contribution in [-0.2, 0) is 19.4 Å². The van der Waals surface area contributed by atoms with E-state index in [-0.39, 0.29) is 41.4 Å². The average molecular weight is 410 g/mol. The van der Waals surface area contributed by atoms with Crippen molar-refractivity contribution in [2.75, 3.05) is 36.1 Å². The van der Waals surface area contributed by atoms with Gasteiger partial charge in [-0.3, -0.25) is 9.79 Å². The number of amides is 1. The summed E-state index contributed by atoms with van der Waals surface area (Å²) in [7, 11) is -3.00. The minimum atomic E-state index is -3.00. The maximum Gasteiger partial charge on any atom is 0.240 e. The Bertz CT molecular complexity index is 822. The van der Waals surface area contributed by atoms with Crippen LogP contribution in [0.25, 0.3) is 0 Å². The highest BCUT2D eigenvalue weighted by Gasteiger charge is 2.44. The van der Waals surface area contributed by atoms with Gasteiger partial charge in [-0.15, -0.1) is 0 Å². The number of nitrogens with zero attached hydrogens (tertiary/aromatic N) is 2. The molecular formula is C18H23N3O4S2. The molecule has 1 N–H and O–H groups in total. The van der Waals surface area contributed by atoms with Crippen LogP contribution in [0.4, 0.5) is 5.69 Å². The molecule has 0 spiro atoms. The third-order valence-electron chi connectivity index (χ3n) is 4.96. The zero-order valence-corrected chi connectivity index (χ0v) is 16.5. The van der Waals surface area contributed by atoms with Gasteiger partial charge in [-0.05, 0) is 25.0 Å². The predicted octanol–water partition coefficient (Wildman–Crippen LogP) is 1.06. The molecule has 2 fully saturated rings. The second-order valence-electron chi connectivity index (χ2n) is 7.07. The Morgan fingerprint density at radius 2 is 2.11 bits per heavy atom. The second-order valence-corrected chi connectivity index (χ2v) is 10.4. The number of carbonyl (C=O) groups excluding carboxylic acids is 1. The van der Waals surface area contributed by atoms with Crippen LogP contribution in [0.2, 0.25) is 0 Å². The van der Waals surface area contributed by atoms with Crippen LogP contribution in [0.1, 0.15) is 12.8 Å². The van der Waals surface area contributed by atoms with Gasteiger partial charge in [0.05, 0.1) is 23.7 Å². The molecule has 1 aromatic rings. The lowest BCUT2D eigenvalue weighted by molar-refractivity contribution is -0.120. The van der Waals surface area contributed by atoms with Gasteiger partial charge in [-0.2, -0.15) is 0 Å². The minimum absolute atomic E-state index is 0.0498. The normalized spacial score (nSPS) is 28.6. The quantitative estimate of drug-likeness (QED) is 0.782. The van der Waals surface area contributed by atoms with Gasteiger partial charge in [-0.25, -0.2) is 8.42 Å². The maximum atomic E-state index is 12.5. The SMILES string of the molecule is O=C(CN(C1=N[C@@H]2CS(=O)(=O)C[C@H]2S1)c1ccccc1)NC[C@@H]1CCCO1. The summed E-state index contributed by atoms with van der Waals surface area (Å²) < 4.78 is 29.2. The fourth-order valence-corrected chi connectivity index (χ4v) is 7.36. The van der Waals surface area contributed by atoms with Crippen molar-refractivity contribution in [1.29, 1.82) is 0 Å². The Labute approximate surface area is 163 Å². The van der Waals surface area contributed by atoms with E-state index in [1.807, 2.05) is 35.2 Å². The Hall–Kier alpha value is -1.58. The van der Waals surface area contributed by atoms with E-state index < -0.39 is 9.84 Å². The molecule has 2 saturated heterocycles. The highest BCUT2D eigenvalue weighted by atomic mass is 32.2. The third kappa shape index (κ3) is 4.47. The van der Waals surface area contributed by atoms with Gasteiger partial charge in [0.1, 0.15) is 6.54 Å². The number of sulfone groups is 1. The smallest absolute Gasteiger partial charge is 0.240 e. The lowest BCUT2D eigenvalue weighted by atomic mass is 10.2. The van der Waals surface area contributed by atoms with Gasteiger partial charge in [0.2, 0.25) is 5.91 Å². The van der Waals surface area contributed by atoms with E-state index in [0.717, 1.165) is 30.3 Å². The topological polar surface area (TPSA) is 88.1 Å². The molecule has 27 heavy (non-hydrogen) atoms. The van der Waals surface area contributed by atoms with Gasteiger partial charge in [-0.1, -0.05) is 30.0 Å². The van der Waals surface area contributed by atoms with Crippen LogP contribution >= 0.6 is 11.8 Å². The molecule has 0 saturated carbocycles. The molecule has 0 radical (unpaired) electrons. The fraction of sp³-hybridized carbons (Fsp3) is 0.556. The summed E-state index contributed by atoms with van der Waals surface area (Å²) in [6.07, 6.45) is 2.11. The molecule has 0 bridgehead atoms. The monoisotopic (exact) mass is 409 g/mol. The summed E-state index contributed by atoms with van der Waals surface area (Å²) in [5, 5.41) is 3.62. The number of nitrogens with one attached hydrogen (secondary N) is 1. The number of thioether (sulfide) groups is 1. The summed E-state index contributed by atoms with van der Waals surface area (Å²) in [5.41, 5.74) is 0.874. The van der Waals surface area contributed by atoms with E-state index in [0.29, 0.717) is 6.54 Å². The molecule has 3 aliphatic rings. The zero-order valence-electron chi connectivity index (χ0n) is 14.9. The molecule has 1 amide bonds. The van der Waals surface area contributed by atoms with Crippen LogP contribution in [0.3, 0.4) is 0 Å². The van der Waals surface area contributed by atoms with E-state index >= 15 is 0 Å². The van der Waals surface area contributed by atoms with Crippen molar-refractivity contribution in [1.82, 2.24) is 5.32 Å². The minimum Gasteiger partial charge on any atom is -0.376 e. The maximum absolute atomic E-state index is 12.5. The summed E-state index contributed by atoms with van der Waals surface area (Å²) in [5.74, 6) is 0.160. The molecule has 3 aliphatic heterocycles. The number of aliphatic imine (C=N–C) groups is 1. The second kappa shape index (κ2) is 7.81. The molecule has 146 valence electrons. The zero-order chi connectivity index (χ0) is 18.9. The van der Waals surface area contributed by atoms with Crippen molar-refractivity contribution < 1.29 is 17.9 Å². The predicted molar refractivity (Wildman–Crippen MR) is 107 cm³/mol. The average Bonchev–Trinajstić information content (AvgIpc) is 3.33. The van der Waals surface area contributed by atoms with Crippen LogP contribution in [-0.4, -0.2) is 68.1 Å². The molecule has 9 heteroatoms. The molecule has 0 aliphatic carbocycles. The van der Waals surface area contributed by atoms with Gasteiger partial charge in [0.25, 0.3) is 0 Å². The highest BCUT2D eigenvalue weighted by molar-refractivity contribution is 8.15. The lowest BCUT2D eigenvalue weighted by Crippen LogP contribution is -2.42. The third-order valence-corrected chi connectivity index (χ3v) is 8.20. The first kappa shape index (κ1) is 18.8. The number of ether oxygens (including phenoxy) is 1. The van der Waals surface area contributed by atoms with Crippen LogP contribution in [0.5, 0.6) is 0 Å². The Morgan fingerprint density at radius 3 is 2.81 bits per heavy atom. The van der Waals surface area contributed by atoms with E-state index in [1.54, 1.807) is 0 Å². The molecular weight excluding hydrogens is 386 g/mol. The van der Waals surface area contributed by atoms with Crippen molar-refractivity contribution in [3.8, 4) is 0 Å². The number of amidine groups is 1. The Kier molecular flexibility index (Phi) is 5.43. The number of para-hydroxylation sites is 1. The number of fused-ring (bicyclic) bond motifs is 1. The summed E-state index contributed by atoms with van der Waals surface area (Å²) in [6.45, 7) is 1.43. The van der Waals surface area contributed by atoms with Crippen LogP contribution < -0.4 is 10.2 Å². The van der Waals surface area contributed by atoms with E-state index in [9.17, 15) is 13.2 Å². The summed E-state index contributed by atoms with van der Waals surface area (Å²) >= 11 is 1.46. The molecule has 7 nitrogen and oxygen atoms in total. The molecule has 4 rings (SSSR count). The standard InChI is InChI=1S/C18H23N3O4S2/c22-17(19-9-14-7-4-8-25-14)10-21(13-5-2-1-3-6-13)18-20-15-11-27(23,24)12-16(15)26-18/h1-3,5-6,14-16H,4,7-12H2,(H,19,22)/t14-,15+,16+/m0/s1. The Morgan fingerprint density at radius 1 is 1.30 bits per heavy atom. The van der Waals surface area contributed by atoms with Crippen molar-refractivity contribution in [3.05, 3.63) is 30.3 Å². The fourth-order valence-electron chi connectivity index (χ4n) is 3.58. The van der Waals surface area contributed by atoms with Crippen molar-refractivity contribution in [2.24, 2.45) is 4.99 Å². The molecule has 3 atom stereocenters. The van der Waals surface area contributed by atoms with Crippen LogP contribution in [0, 0.1) is 0 Å². The number of hydrogen-bond acceptors (Lipinski definition) is 7. The van der Waals surface area contributed by atoms with E-state index in [4.69, 9.17) is 4.74 Å². The first-order chi connectivity index (χ1) is 13.0. The molecule has 0 unspecified atom stereocenters. The van der Waals surface area contributed by atoms with Gasteiger partial charge >= 0.3 is 0 Å². The number of carbonyl (C=O) groups is 1.